The van der Waals surface area contributed by atoms with Gasteiger partial charge in [-0.15, -0.1) is 0 Å². The number of rotatable bonds is 12. The van der Waals surface area contributed by atoms with E-state index in [1.54, 1.807) is 41.5 Å². The molecule has 28 heteroatoms. The molecule has 69 heavy (non-hydrogen) atoms. The van der Waals surface area contributed by atoms with E-state index >= 15 is 0 Å². The fourth-order valence-electron chi connectivity index (χ4n) is 6.32. The summed E-state index contributed by atoms with van der Waals surface area (Å²) in [6.45, 7) is 11.4. The van der Waals surface area contributed by atoms with Gasteiger partial charge in [0.2, 0.25) is 70.9 Å². The Bertz CT molecular complexity index is 1910. The molecule has 0 aromatic heterocycles. The zero-order chi connectivity index (χ0) is 52.7. The summed E-state index contributed by atoms with van der Waals surface area (Å²) >= 11 is 0. The van der Waals surface area contributed by atoms with Gasteiger partial charge in [0.1, 0.15) is 48.3 Å². The molecular formula is C41H68N12O14S2. The van der Waals surface area contributed by atoms with E-state index in [1.807, 2.05) is 0 Å². The van der Waals surface area contributed by atoms with Crippen LogP contribution in [-0.2, 0) is 62.3 Å². The summed E-state index contributed by atoms with van der Waals surface area (Å²) in [5, 5.41) is 33.5. The third-order valence-corrected chi connectivity index (χ3v) is 12.0. The number of aliphatic carboxylic acids is 1. The average Bonchev–Trinajstić information content (AvgIpc) is 3.22. The fraction of sp³-hybridized carbons (Fsp3) is 0.683. The third-order valence-electron chi connectivity index (χ3n) is 9.61. The van der Waals surface area contributed by atoms with Crippen molar-refractivity contribution in [3.8, 4) is 0 Å². The highest BCUT2D eigenvalue weighted by Crippen LogP contribution is 2.23. The van der Waals surface area contributed by atoms with Crippen LogP contribution in [-0.4, -0.2) is 155 Å². The molecule has 1 saturated heterocycles. The first-order chi connectivity index (χ1) is 32.1. The first-order valence-electron chi connectivity index (χ1n) is 22.1. The van der Waals surface area contributed by atoms with Crippen LogP contribution in [0.4, 0.5) is 0 Å². The predicted octanol–water partition coefficient (Wildman–Crippen LogP) is -4.49. The Labute approximate surface area is 407 Å². The van der Waals surface area contributed by atoms with Crippen LogP contribution in [0.15, 0.2) is 0 Å². The second-order valence-electron chi connectivity index (χ2n) is 17.5. The zero-order valence-corrected chi connectivity index (χ0v) is 41.6. The van der Waals surface area contributed by atoms with E-state index in [1.165, 1.54) is 6.92 Å². The Morgan fingerprint density at radius 2 is 0.971 bits per heavy atom. The number of hydrogen-bond donors (Lipinski definition) is 13. The summed E-state index contributed by atoms with van der Waals surface area (Å²) in [5.74, 6) is -13.6. The summed E-state index contributed by atoms with van der Waals surface area (Å²) in [5.41, 5.74) is 10.9. The molecule has 1 aliphatic rings. The molecule has 0 aliphatic carbocycles. The van der Waals surface area contributed by atoms with Gasteiger partial charge in [-0.25, -0.2) is 0 Å². The van der Waals surface area contributed by atoms with Crippen molar-refractivity contribution in [3.63, 3.8) is 0 Å². The second kappa shape index (κ2) is 30.3. The number of amides is 12. The average molecular weight is 1020 g/mol. The van der Waals surface area contributed by atoms with Gasteiger partial charge in [0, 0.05) is 18.4 Å². The highest BCUT2D eigenvalue weighted by molar-refractivity contribution is 8.76. The van der Waals surface area contributed by atoms with Crippen LogP contribution in [0.5, 0.6) is 0 Å². The van der Waals surface area contributed by atoms with E-state index in [9.17, 15) is 67.4 Å². The van der Waals surface area contributed by atoms with E-state index in [-0.39, 0.29) is 48.5 Å². The minimum atomic E-state index is -1.77. The van der Waals surface area contributed by atoms with Gasteiger partial charge in [0.25, 0.3) is 0 Å². The Morgan fingerprint density at radius 3 is 1.42 bits per heavy atom. The Balaban J connectivity index is 3.67. The minimum Gasteiger partial charge on any atom is -0.481 e. The number of nitrogens with two attached hydrogens (primary N) is 2. The standard InChI is InChI=1S/C41H68N12O14S2/c1-18(2)9-23-36(62)44-14-32(57)49-27(13-33(58)59)41(67)53-28(34(43)60)16-68-69-17-29(47-22(8)54)37(63)45-15-31(56)48-26(12-30(42)55)40(66)52-25(11-20(5)6)39(65)51-24(10-19(3)4)38(64)46-21(7)35(61)50-23/h18-21,23-29H,9-17H2,1-8H3,(H2,42,55)(H2,43,60)(H,44,62)(H,45,63)(H,46,64)(H,47,54)(H,48,56)(H,49,57)(H,50,61)(H,51,65)(H,52,66)(H,53,67)(H,58,59). The smallest absolute Gasteiger partial charge is 0.305 e. The first-order valence-corrected chi connectivity index (χ1v) is 24.6. The third kappa shape index (κ3) is 24.6. The maximum Gasteiger partial charge on any atom is 0.305 e. The SMILES string of the molecule is CC(=O)NC1CSSCC(C(N)=O)NC(=O)C(CC(=O)O)NC(=O)CNC(=O)C(CC(C)C)NC(=O)C(C)NC(=O)C(CC(C)C)NC(=O)C(CC(C)C)NC(=O)C(CC(N)=O)NC(=O)CNC1=O. The molecule has 0 aromatic rings. The van der Waals surface area contributed by atoms with Gasteiger partial charge in [-0.1, -0.05) is 63.1 Å². The molecule has 1 fully saturated rings. The number of carbonyl (C=O) groups excluding carboxylic acids is 12. The molecule has 8 unspecified atom stereocenters. The minimum absolute atomic E-state index is 0.0161. The van der Waals surface area contributed by atoms with Crippen molar-refractivity contribution in [3.05, 3.63) is 0 Å². The van der Waals surface area contributed by atoms with Crippen molar-refractivity contribution >= 4 is 98.4 Å². The molecule has 0 bridgehead atoms. The fourth-order valence-corrected chi connectivity index (χ4v) is 8.66. The van der Waals surface area contributed by atoms with E-state index in [0.717, 1.165) is 28.5 Å². The Hall–Kier alpha value is -6.19. The van der Waals surface area contributed by atoms with Crippen LogP contribution in [0.3, 0.4) is 0 Å². The predicted molar refractivity (Wildman–Crippen MR) is 251 cm³/mol. The molecule has 1 heterocycles. The molecule has 388 valence electrons. The lowest BCUT2D eigenvalue weighted by Gasteiger charge is -2.27. The first kappa shape index (κ1) is 60.8. The van der Waals surface area contributed by atoms with Gasteiger partial charge in [-0.2, -0.15) is 0 Å². The van der Waals surface area contributed by atoms with Gasteiger partial charge < -0.3 is 69.7 Å². The summed E-state index contributed by atoms with van der Waals surface area (Å²) in [4.78, 5) is 168. The van der Waals surface area contributed by atoms with Crippen molar-refractivity contribution in [2.75, 3.05) is 24.6 Å². The topological polar surface area (TPSA) is 414 Å². The lowest BCUT2D eigenvalue weighted by molar-refractivity contribution is -0.141. The second-order valence-corrected chi connectivity index (χ2v) is 20.1. The molecule has 0 spiro atoms. The number of carboxylic acid groups (broad SMARTS) is 1. The van der Waals surface area contributed by atoms with Crippen molar-refractivity contribution in [1.82, 2.24) is 53.2 Å². The lowest BCUT2D eigenvalue weighted by Crippen LogP contribution is -2.59. The molecule has 0 radical (unpaired) electrons. The molecule has 12 amide bonds. The van der Waals surface area contributed by atoms with Gasteiger partial charge in [0.05, 0.1) is 25.9 Å². The Morgan fingerprint density at radius 1 is 0.565 bits per heavy atom. The van der Waals surface area contributed by atoms with E-state index < -0.39 is 151 Å². The molecule has 26 nitrogen and oxygen atoms in total. The van der Waals surface area contributed by atoms with E-state index in [0.29, 0.717) is 0 Å². The maximum atomic E-state index is 13.8. The van der Waals surface area contributed by atoms with Gasteiger partial charge in [0.15, 0.2) is 0 Å². The molecule has 0 saturated carbocycles. The molecule has 1 aliphatic heterocycles. The lowest BCUT2D eigenvalue weighted by atomic mass is 9.99. The van der Waals surface area contributed by atoms with Gasteiger partial charge in [-0.05, 0) is 43.9 Å². The monoisotopic (exact) mass is 1020 g/mol. The molecular weight excluding hydrogens is 949 g/mol. The molecule has 15 N–H and O–H groups in total. The number of primary amides is 2. The van der Waals surface area contributed by atoms with Crippen LogP contribution < -0.4 is 64.6 Å². The normalized spacial score (nSPS) is 25.4. The molecule has 0 aromatic carbocycles. The number of hydrogen-bond acceptors (Lipinski definition) is 15. The van der Waals surface area contributed by atoms with Crippen molar-refractivity contribution in [2.45, 2.75) is 136 Å². The summed E-state index contributed by atoms with van der Waals surface area (Å²) in [6.07, 6.45) is -1.57. The number of carboxylic acids is 1. The van der Waals surface area contributed by atoms with Crippen LogP contribution in [0.2, 0.25) is 0 Å². The highest BCUT2D eigenvalue weighted by Gasteiger charge is 2.34. The summed E-state index contributed by atoms with van der Waals surface area (Å²) < 4.78 is 0. The van der Waals surface area contributed by atoms with Crippen LogP contribution in [0, 0.1) is 17.8 Å². The van der Waals surface area contributed by atoms with Crippen molar-refractivity contribution in [1.29, 1.82) is 0 Å². The van der Waals surface area contributed by atoms with Crippen LogP contribution in [0.1, 0.15) is 87.5 Å². The molecule has 8 atom stereocenters. The van der Waals surface area contributed by atoms with E-state index in [2.05, 4.69) is 53.2 Å². The van der Waals surface area contributed by atoms with E-state index in [4.69, 9.17) is 11.5 Å². The number of nitrogens with one attached hydrogen (secondary N) is 10. The van der Waals surface area contributed by atoms with Crippen molar-refractivity contribution < 1.29 is 67.4 Å². The largest absolute Gasteiger partial charge is 0.481 e. The van der Waals surface area contributed by atoms with Crippen LogP contribution >= 0.6 is 21.6 Å². The maximum absolute atomic E-state index is 13.8. The van der Waals surface area contributed by atoms with Gasteiger partial charge >= 0.3 is 5.97 Å². The molecule has 1 rings (SSSR count). The van der Waals surface area contributed by atoms with Crippen molar-refractivity contribution in [2.24, 2.45) is 29.2 Å². The summed E-state index contributed by atoms with van der Waals surface area (Å²) in [6, 6.07) is -11.3. The quantitative estimate of drug-likeness (QED) is 0.0820. The number of carbonyl (C=O) groups is 13. The summed E-state index contributed by atoms with van der Waals surface area (Å²) in [7, 11) is 1.83. The van der Waals surface area contributed by atoms with Crippen LogP contribution in [0.25, 0.3) is 0 Å². The zero-order valence-electron chi connectivity index (χ0n) is 39.9. The Kier molecular flexibility index (Phi) is 26.7. The highest BCUT2D eigenvalue weighted by atomic mass is 33.1. The van der Waals surface area contributed by atoms with Gasteiger partial charge in [-0.3, -0.25) is 62.3 Å².